The van der Waals surface area contributed by atoms with Crippen LogP contribution in [0.3, 0.4) is 0 Å². The van der Waals surface area contributed by atoms with Crippen molar-refractivity contribution in [2.75, 3.05) is 13.1 Å². The molecule has 0 saturated heterocycles. The maximum atomic E-state index is 10.6. The number of hydrogen-bond donors (Lipinski definition) is 3. The van der Waals surface area contributed by atoms with Gasteiger partial charge in [0.25, 0.3) is 0 Å². The van der Waals surface area contributed by atoms with Crippen molar-refractivity contribution >= 4 is 27.7 Å². The molecule has 0 fully saturated rings. The molecular weight excluding hydrogens is 403 g/mol. The third kappa shape index (κ3) is 12.4. The third-order valence-corrected chi connectivity index (χ3v) is 3.56. The van der Waals surface area contributed by atoms with Crippen LogP contribution in [-0.2, 0) is 4.79 Å². The first-order valence-corrected chi connectivity index (χ1v) is 8.53. The first-order valence-electron chi connectivity index (χ1n) is 7.74. The number of carbonyl (C=O) groups is 1. The van der Waals surface area contributed by atoms with Gasteiger partial charge in [0.05, 0.1) is 0 Å². The highest BCUT2D eigenvalue weighted by Crippen LogP contribution is 2.13. The van der Waals surface area contributed by atoms with Crippen LogP contribution in [0.2, 0.25) is 0 Å². The molecule has 0 atom stereocenters. The minimum atomic E-state index is -5.08. The van der Waals surface area contributed by atoms with Gasteiger partial charge in [-0.2, -0.15) is 13.2 Å². The summed E-state index contributed by atoms with van der Waals surface area (Å²) >= 11 is 3.40. The second-order valence-corrected chi connectivity index (χ2v) is 6.05. The van der Waals surface area contributed by atoms with E-state index in [2.05, 4.69) is 20.9 Å². The molecule has 1 rings (SSSR count). The first-order chi connectivity index (χ1) is 11.7. The molecule has 0 aromatic heterocycles. The van der Waals surface area contributed by atoms with E-state index in [0.29, 0.717) is 5.84 Å². The average molecular weight is 426 g/mol. The highest BCUT2D eigenvalue weighted by Gasteiger charge is 2.38. The zero-order chi connectivity index (χ0) is 19.3. The number of nitrogens with zero attached hydrogens (tertiary/aromatic N) is 1. The number of benzene rings is 1. The van der Waals surface area contributed by atoms with Crippen LogP contribution in [-0.4, -0.2) is 36.2 Å². The normalized spacial score (nSPS) is 11.6. The summed E-state index contributed by atoms with van der Waals surface area (Å²) in [5.74, 6) is -2.13. The minimum absolute atomic E-state index is 0.629. The zero-order valence-corrected chi connectivity index (χ0v) is 15.3. The van der Waals surface area contributed by atoms with Gasteiger partial charge in [-0.3, -0.25) is 4.99 Å². The maximum Gasteiger partial charge on any atom is 0.490 e. The molecule has 5 nitrogen and oxygen atoms in total. The number of nitrogens with two attached hydrogens (primary N) is 2. The van der Waals surface area contributed by atoms with Gasteiger partial charge in [-0.15, -0.1) is 0 Å². The van der Waals surface area contributed by atoms with Crippen LogP contribution in [0.25, 0.3) is 0 Å². The number of unbranched alkanes of at least 4 members (excludes halogenated alkanes) is 4. The van der Waals surface area contributed by atoms with Gasteiger partial charge in [-0.05, 0) is 31.5 Å². The van der Waals surface area contributed by atoms with E-state index in [9.17, 15) is 13.2 Å². The fraction of sp³-hybridized carbons (Fsp3) is 0.500. The number of alkyl halides is 3. The molecular formula is C16H23BrF3N3O2. The Labute approximate surface area is 153 Å². The predicted molar refractivity (Wildman–Crippen MR) is 95.6 cm³/mol. The van der Waals surface area contributed by atoms with E-state index in [4.69, 9.17) is 21.4 Å². The van der Waals surface area contributed by atoms with E-state index in [1.165, 1.54) is 19.3 Å². The van der Waals surface area contributed by atoms with Crippen LogP contribution < -0.4 is 11.5 Å². The Kier molecular flexibility index (Phi) is 11.9. The molecule has 0 radical (unpaired) electrons. The molecule has 0 saturated carbocycles. The van der Waals surface area contributed by atoms with Crippen molar-refractivity contribution in [3.8, 4) is 0 Å². The summed E-state index contributed by atoms with van der Waals surface area (Å²) in [6, 6.07) is 7.91. The molecule has 5 N–H and O–H groups in total. The molecule has 1 aromatic carbocycles. The Balaban J connectivity index is 0.000000697. The van der Waals surface area contributed by atoms with E-state index in [-0.39, 0.29) is 0 Å². The number of aliphatic carboxylic acids is 1. The first kappa shape index (κ1) is 23.4. The second-order valence-electron chi connectivity index (χ2n) is 5.13. The lowest BCUT2D eigenvalue weighted by Crippen LogP contribution is -2.21. The monoisotopic (exact) mass is 425 g/mol. The van der Waals surface area contributed by atoms with Gasteiger partial charge in [0.2, 0.25) is 0 Å². The lowest BCUT2D eigenvalue weighted by atomic mass is 10.1. The largest absolute Gasteiger partial charge is 0.490 e. The van der Waals surface area contributed by atoms with E-state index >= 15 is 0 Å². The molecule has 0 unspecified atom stereocenters. The van der Waals surface area contributed by atoms with E-state index < -0.39 is 12.1 Å². The van der Waals surface area contributed by atoms with Crippen LogP contribution in [0, 0.1) is 0 Å². The van der Waals surface area contributed by atoms with Crippen LogP contribution in [0.5, 0.6) is 0 Å². The summed E-state index contributed by atoms with van der Waals surface area (Å²) in [6.45, 7) is 1.61. The van der Waals surface area contributed by atoms with Crippen LogP contribution in [0.15, 0.2) is 33.7 Å². The fourth-order valence-corrected chi connectivity index (χ4v) is 1.96. The van der Waals surface area contributed by atoms with Crippen LogP contribution in [0.4, 0.5) is 13.2 Å². The van der Waals surface area contributed by atoms with E-state index in [1.54, 1.807) is 0 Å². The fourth-order valence-electron chi connectivity index (χ4n) is 1.70. The van der Waals surface area contributed by atoms with Crippen molar-refractivity contribution in [2.45, 2.75) is 38.3 Å². The molecule has 0 heterocycles. The summed E-state index contributed by atoms with van der Waals surface area (Å²) in [4.78, 5) is 13.3. The van der Waals surface area contributed by atoms with Crippen molar-refractivity contribution in [2.24, 2.45) is 16.5 Å². The number of hydrogen-bond acceptors (Lipinski definition) is 3. The van der Waals surface area contributed by atoms with Crippen molar-refractivity contribution in [3.05, 3.63) is 34.3 Å². The molecule has 142 valence electrons. The van der Waals surface area contributed by atoms with Gasteiger partial charge in [0, 0.05) is 16.6 Å². The molecule has 0 aliphatic heterocycles. The smallest absolute Gasteiger partial charge is 0.475 e. The summed E-state index contributed by atoms with van der Waals surface area (Å²) in [6.07, 6.45) is 0.816. The van der Waals surface area contributed by atoms with Crippen LogP contribution >= 0.6 is 15.9 Å². The molecule has 1 aromatic rings. The predicted octanol–water partition coefficient (Wildman–Crippen LogP) is 3.70. The Morgan fingerprint density at radius 3 is 2.04 bits per heavy atom. The number of carboxylic acid groups (broad SMARTS) is 1. The van der Waals surface area contributed by atoms with Crippen LogP contribution in [0.1, 0.15) is 37.7 Å². The molecule has 0 aliphatic rings. The molecule has 0 spiro atoms. The van der Waals surface area contributed by atoms with Gasteiger partial charge >= 0.3 is 12.1 Å². The number of aliphatic imine (C=N–C) groups is 1. The zero-order valence-electron chi connectivity index (χ0n) is 13.7. The topological polar surface area (TPSA) is 102 Å². The summed E-state index contributed by atoms with van der Waals surface area (Å²) < 4.78 is 32.8. The van der Waals surface area contributed by atoms with Gasteiger partial charge in [-0.25, -0.2) is 4.79 Å². The van der Waals surface area contributed by atoms with Crippen molar-refractivity contribution in [1.29, 1.82) is 0 Å². The third-order valence-electron chi connectivity index (χ3n) is 3.03. The molecule has 0 aliphatic carbocycles. The molecule has 25 heavy (non-hydrogen) atoms. The van der Waals surface area contributed by atoms with E-state index in [0.717, 1.165) is 36.0 Å². The average Bonchev–Trinajstić information content (AvgIpc) is 2.54. The lowest BCUT2D eigenvalue weighted by molar-refractivity contribution is -0.192. The summed E-state index contributed by atoms with van der Waals surface area (Å²) in [5.41, 5.74) is 12.4. The Bertz CT molecular complexity index is 534. The molecule has 0 bridgehead atoms. The Morgan fingerprint density at radius 2 is 1.56 bits per heavy atom. The molecule has 9 heteroatoms. The van der Waals surface area contributed by atoms with Crippen molar-refractivity contribution in [3.63, 3.8) is 0 Å². The highest BCUT2D eigenvalue weighted by atomic mass is 79.9. The number of carboxylic acids is 1. The minimum Gasteiger partial charge on any atom is -0.475 e. The number of amidine groups is 1. The molecule has 0 amide bonds. The highest BCUT2D eigenvalue weighted by molar-refractivity contribution is 9.10. The Morgan fingerprint density at radius 1 is 1.08 bits per heavy atom. The standard InChI is InChI=1S/C14H22BrN3.C2HF3O2/c15-13-8-6-12(7-9-13)14(17)18-11-5-3-1-2-4-10-16;3-2(4,5)1(6)7/h6-9H,1-5,10-11,16H2,(H2,17,18);(H,6,7). The van der Waals surface area contributed by atoms with Crippen molar-refractivity contribution < 1.29 is 23.1 Å². The van der Waals surface area contributed by atoms with Crippen molar-refractivity contribution in [1.82, 2.24) is 0 Å². The van der Waals surface area contributed by atoms with Gasteiger partial charge < -0.3 is 16.6 Å². The Hall–Kier alpha value is -1.61. The van der Waals surface area contributed by atoms with E-state index in [1.807, 2.05) is 24.3 Å². The van der Waals surface area contributed by atoms with Gasteiger partial charge in [0.1, 0.15) is 5.84 Å². The number of halogens is 4. The number of rotatable bonds is 8. The van der Waals surface area contributed by atoms with Gasteiger partial charge in [0.15, 0.2) is 0 Å². The maximum absolute atomic E-state index is 10.6. The summed E-state index contributed by atoms with van der Waals surface area (Å²) in [7, 11) is 0. The lowest BCUT2D eigenvalue weighted by Gasteiger charge is -2.02. The SMILES string of the molecule is NCCCCCCCN=C(N)c1ccc(Br)cc1.O=C(O)C(F)(F)F. The summed E-state index contributed by atoms with van der Waals surface area (Å²) in [5, 5.41) is 7.12. The quantitative estimate of drug-likeness (QED) is 0.335. The second kappa shape index (κ2) is 12.7. The van der Waals surface area contributed by atoms with Gasteiger partial charge in [-0.1, -0.05) is 47.3 Å².